The zero-order chi connectivity index (χ0) is 28.1. The Morgan fingerprint density at radius 3 is 2.71 bits per heavy atom. The van der Waals surface area contributed by atoms with E-state index in [9.17, 15) is 18.8 Å². The highest BCUT2D eigenvalue weighted by molar-refractivity contribution is 6.30. The molecule has 2 amide bonds. The average molecular weight is 545 g/mol. The molecule has 2 heterocycles. The van der Waals surface area contributed by atoms with Crippen molar-refractivity contribution in [2.45, 2.75) is 25.4 Å². The zero-order valence-electron chi connectivity index (χ0n) is 21.1. The molecule has 1 saturated heterocycles. The molecule has 38 heavy (non-hydrogen) atoms. The van der Waals surface area contributed by atoms with Gasteiger partial charge in [-0.05, 0) is 57.7 Å². The highest BCUT2D eigenvalue weighted by Gasteiger charge is 2.27. The number of fused-ring (bicyclic) bond motifs is 1. The lowest BCUT2D eigenvalue weighted by Crippen LogP contribution is -2.41. The van der Waals surface area contributed by atoms with Gasteiger partial charge in [0.1, 0.15) is 17.6 Å². The minimum absolute atomic E-state index is 0.0469. The Morgan fingerprint density at radius 2 is 2.08 bits per heavy atom. The summed E-state index contributed by atoms with van der Waals surface area (Å²) in [6, 6.07) is 11.6. The van der Waals surface area contributed by atoms with Gasteiger partial charge in [-0.25, -0.2) is 4.39 Å². The van der Waals surface area contributed by atoms with Crippen molar-refractivity contribution in [3.63, 3.8) is 0 Å². The van der Waals surface area contributed by atoms with E-state index < -0.39 is 5.82 Å². The number of nitrogens with two attached hydrogens (primary N) is 1. The number of ether oxygens (including phenoxy) is 1. The maximum atomic E-state index is 13.6. The van der Waals surface area contributed by atoms with Crippen LogP contribution in [0.1, 0.15) is 18.4 Å². The van der Waals surface area contributed by atoms with E-state index in [0.29, 0.717) is 40.7 Å². The fraction of sp³-hybridized carbons (Fsp3) is 0.308. The molecule has 4 N–H and O–H groups in total. The topological polar surface area (TPSA) is 142 Å². The summed E-state index contributed by atoms with van der Waals surface area (Å²) in [5.41, 5.74) is 6.07. The number of aromatic nitrogens is 1. The summed E-state index contributed by atoms with van der Waals surface area (Å²) in [6.07, 6.45) is 4.58. The largest absolute Gasteiger partial charge is 0.479 e. The average Bonchev–Trinajstić information content (AvgIpc) is 3.52. The number of hydrogen-bond acceptors (Lipinski definition) is 7. The van der Waals surface area contributed by atoms with Gasteiger partial charge in [-0.1, -0.05) is 23.7 Å². The van der Waals surface area contributed by atoms with Crippen molar-refractivity contribution in [2.75, 3.05) is 32.6 Å². The fourth-order valence-electron chi connectivity index (χ4n) is 3.93. The van der Waals surface area contributed by atoms with E-state index in [0.717, 1.165) is 19.4 Å². The van der Waals surface area contributed by atoms with Crippen molar-refractivity contribution >= 4 is 46.9 Å². The summed E-state index contributed by atoms with van der Waals surface area (Å²) in [5.74, 6) is -0.00438. The third kappa shape index (κ3) is 7.76. The van der Waals surface area contributed by atoms with Crippen LogP contribution in [0.15, 0.2) is 42.6 Å². The number of carbonyl (C=O) groups excluding carboxylic acids is 3. The number of rotatable bonds is 8. The lowest BCUT2D eigenvalue weighted by molar-refractivity contribution is -0.125. The molecule has 10 nitrogen and oxygen atoms in total. The van der Waals surface area contributed by atoms with Crippen LogP contribution >= 0.6 is 11.6 Å². The number of anilines is 1. The van der Waals surface area contributed by atoms with Crippen molar-refractivity contribution in [3.8, 4) is 11.8 Å². The van der Waals surface area contributed by atoms with Gasteiger partial charge >= 0.3 is 0 Å². The number of likely N-dealkylation sites (N-methyl/N-ethyl adjacent to an activating group) is 1. The number of nitrogens with zero attached hydrogens (tertiary/aromatic N) is 3. The summed E-state index contributed by atoms with van der Waals surface area (Å²) in [4.78, 5) is 35.3. The highest BCUT2D eigenvalue weighted by atomic mass is 35.5. The number of amides is 2. The van der Waals surface area contributed by atoms with Gasteiger partial charge in [0.15, 0.2) is 6.61 Å². The van der Waals surface area contributed by atoms with Gasteiger partial charge in [0.2, 0.25) is 18.7 Å². The van der Waals surface area contributed by atoms with E-state index >= 15 is 0 Å². The second kappa shape index (κ2) is 15.3. The molecule has 0 spiro atoms. The van der Waals surface area contributed by atoms with Gasteiger partial charge in [-0.2, -0.15) is 5.26 Å². The number of benzene rings is 2. The number of carbonyl (C=O) groups is 3. The normalized spacial score (nSPS) is 14.3. The standard InChI is InChI=1S/C13H16ClFN2O.C12H9N3O3.CH5N/c1-17-7-3-6-11(17)13(18)16-8-9-4-2-5-10(14)12(9)15;13-3-4-18-9-1-2-12-10(5-9)11(14-7-16)6-15(12)8-17;1-2/h2,4-5,11H,3,6-8H2,1H3,(H,16,18);1-2,5-8H,4H2,(H,14,16);2H2,1H3. The van der Waals surface area contributed by atoms with Crippen LogP contribution in [0.4, 0.5) is 10.1 Å². The molecule has 1 fully saturated rings. The summed E-state index contributed by atoms with van der Waals surface area (Å²) in [6.45, 7) is 1.05. The first-order valence-corrected chi connectivity index (χ1v) is 12.1. The van der Waals surface area contributed by atoms with Crippen LogP contribution in [-0.2, 0) is 20.9 Å². The Labute approximate surface area is 225 Å². The van der Waals surface area contributed by atoms with Crippen LogP contribution in [0, 0.1) is 17.1 Å². The highest BCUT2D eigenvalue weighted by Crippen LogP contribution is 2.28. The van der Waals surface area contributed by atoms with E-state index in [-0.39, 0.29) is 30.1 Å². The maximum absolute atomic E-state index is 13.6. The monoisotopic (exact) mass is 544 g/mol. The Hall–Kier alpha value is -3.98. The predicted octanol–water partition coefficient (Wildman–Crippen LogP) is 2.91. The summed E-state index contributed by atoms with van der Waals surface area (Å²) < 4.78 is 20.1. The third-order valence-electron chi connectivity index (χ3n) is 5.74. The van der Waals surface area contributed by atoms with E-state index in [1.807, 2.05) is 18.0 Å². The van der Waals surface area contributed by atoms with Crippen molar-refractivity contribution in [1.29, 1.82) is 5.26 Å². The van der Waals surface area contributed by atoms with E-state index in [1.54, 1.807) is 30.3 Å². The molecule has 0 saturated carbocycles. The Bertz CT molecular complexity index is 1290. The lowest BCUT2D eigenvalue weighted by atomic mass is 10.2. The van der Waals surface area contributed by atoms with Crippen LogP contribution in [0.25, 0.3) is 10.9 Å². The smallest absolute Gasteiger partial charge is 0.237 e. The first-order chi connectivity index (χ1) is 18.4. The molecular weight excluding hydrogens is 515 g/mol. The molecule has 0 bridgehead atoms. The second-order valence-electron chi connectivity index (χ2n) is 8.01. The van der Waals surface area contributed by atoms with Crippen LogP contribution < -0.4 is 21.1 Å². The molecule has 1 aliphatic rings. The van der Waals surface area contributed by atoms with Gasteiger partial charge in [0.05, 0.1) is 22.3 Å². The van der Waals surface area contributed by atoms with Crippen molar-refractivity contribution in [1.82, 2.24) is 14.8 Å². The van der Waals surface area contributed by atoms with Gasteiger partial charge in [0, 0.05) is 23.7 Å². The predicted molar refractivity (Wildman–Crippen MR) is 144 cm³/mol. The minimum atomic E-state index is -0.459. The van der Waals surface area contributed by atoms with Crippen molar-refractivity contribution < 1.29 is 23.5 Å². The molecule has 3 aromatic rings. The molecular formula is C26H30ClFN6O4. The first kappa shape index (κ1) is 30.2. The van der Waals surface area contributed by atoms with Gasteiger partial charge in [0.25, 0.3) is 0 Å². The molecule has 2 aromatic carbocycles. The van der Waals surface area contributed by atoms with Crippen LogP contribution in [-0.4, -0.2) is 61.5 Å². The van der Waals surface area contributed by atoms with E-state index in [1.165, 1.54) is 23.9 Å². The number of likely N-dealkylation sites (tertiary alicyclic amines) is 1. The fourth-order valence-corrected chi connectivity index (χ4v) is 4.13. The Balaban J connectivity index is 0.000000251. The summed E-state index contributed by atoms with van der Waals surface area (Å²) in [5, 5.41) is 14.5. The van der Waals surface area contributed by atoms with Gasteiger partial charge < -0.3 is 21.1 Å². The first-order valence-electron chi connectivity index (χ1n) is 11.7. The third-order valence-corrected chi connectivity index (χ3v) is 6.04. The molecule has 202 valence electrons. The number of halogens is 2. The number of nitriles is 1. The lowest BCUT2D eigenvalue weighted by Gasteiger charge is -2.18. The molecule has 0 aliphatic carbocycles. The summed E-state index contributed by atoms with van der Waals surface area (Å²) >= 11 is 5.68. The SMILES string of the molecule is CN.CN1CCCC1C(=O)NCc1cccc(Cl)c1F.N#CCOc1ccc2c(c1)c(NC=O)cn2C=O. The second-order valence-corrected chi connectivity index (χ2v) is 8.42. The van der Waals surface area contributed by atoms with Crippen molar-refractivity contribution in [3.05, 3.63) is 59.0 Å². The van der Waals surface area contributed by atoms with Crippen molar-refractivity contribution in [2.24, 2.45) is 5.73 Å². The Kier molecular flexibility index (Phi) is 12.2. The Morgan fingerprint density at radius 1 is 1.32 bits per heavy atom. The van der Waals surface area contributed by atoms with Crippen LogP contribution in [0.5, 0.6) is 5.75 Å². The molecule has 4 rings (SSSR count). The maximum Gasteiger partial charge on any atom is 0.237 e. The summed E-state index contributed by atoms with van der Waals surface area (Å²) in [7, 11) is 3.43. The molecule has 1 unspecified atom stereocenters. The molecule has 1 atom stereocenters. The van der Waals surface area contributed by atoms with Gasteiger partial charge in [-0.3, -0.25) is 23.9 Å². The van der Waals surface area contributed by atoms with Gasteiger partial charge in [-0.15, -0.1) is 0 Å². The molecule has 12 heteroatoms. The molecule has 0 radical (unpaired) electrons. The van der Waals surface area contributed by atoms with E-state index in [4.69, 9.17) is 21.6 Å². The number of nitrogens with one attached hydrogen (secondary N) is 2. The van der Waals surface area contributed by atoms with E-state index in [2.05, 4.69) is 16.4 Å². The number of hydrogen-bond donors (Lipinski definition) is 3. The van der Waals surface area contributed by atoms with Crippen LogP contribution in [0.2, 0.25) is 5.02 Å². The van der Waals surface area contributed by atoms with Crippen LogP contribution in [0.3, 0.4) is 0 Å². The quantitative estimate of drug-likeness (QED) is 0.370. The zero-order valence-corrected chi connectivity index (χ0v) is 21.9. The molecule has 1 aliphatic heterocycles. The minimum Gasteiger partial charge on any atom is -0.479 e. The molecule has 1 aromatic heterocycles.